The van der Waals surface area contributed by atoms with Crippen LogP contribution >= 0.6 is 0 Å². The Morgan fingerprint density at radius 1 is 1.06 bits per heavy atom. The predicted octanol–water partition coefficient (Wildman–Crippen LogP) is 4.99. The Hall–Kier alpha value is -4.78. The second-order valence-corrected chi connectivity index (χ2v) is 12.5. The van der Waals surface area contributed by atoms with Crippen LogP contribution in [-0.2, 0) is 15.8 Å². The molecule has 3 aliphatic rings. The summed E-state index contributed by atoms with van der Waals surface area (Å²) in [4.78, 5) is 35.0. The minimum Gasteiger partial charge on any atom is -0.489 e. The lowest BCUT2D eigenvalue weighted by molar-refractivity contribution is -0.265. The Kier molecular flexibility index (Phi) is 7.15. The Morgan fingerprint density at radius 3 is 2.43 bits per heavy atom. The summed E-state index contributed by atoms with van der Waals surface area (Å²) >= 11 is 0. The van der Waals surface area contributed by atoms with Crippen molar-refractivity contribution in [3.63, 3.8) is 0 Å². The van der Waals surface area contributed by atoms with Gasteiger partial charge in [-0.2, -0.15) is 13.2 Å². The zero-order valence-corrected chi connectivity index (χ0v) is 25.2. The van der Waals surface area contributed by atoms with E-state index < -0.39 is 47.1 Å². The Balaban J connectivity index is 1.29. The molecule has 4 aromatic rings. The van der Waals surface area contributed by atoms with Gasteiger partial charge in [0.25, 0.3) is 5.91 Å². The van der Waals surface area contributed by atoms with Crippen molar-refractivity contribution in [2.75, 3.05) is 13.2 Å². The molecular formula is C34H30F4N4O5. The molecule has 7 rings (SSSR count). The van der Waals surface area contributed by atoms with E-state index >= 15 is 0 Å². The summed E-state index contributed by atoms with van der Waals surface area (Å²) in [5.41, 5.74) is 1.18. The summed E-state index contributed by atoms with van der Waals surface area (Å²) in [6.45, 7) is 0.267. The first kappa shape index (κ1) is 30.9. The van der Waals surface area contributed by atoms with Gasteiger partial charge in [0, 0.05) is 27.8 Å². The number of rotatable bonds is 9. The maximum Gasteiger partial charge on any atom is 0.424 e. The molecule has 2 amide bonds. The molecule has 3 heterocycles. The van der Waals surface area contributed by atoms with E-state index in [2.05, 4.69) is 15.3 Å². The maximum absolute atomic E-state index is 14.9. The van der Waals surface area contributed by atoms with Crippen LogP contribution in [-0.4, -0.2) is 52.3 Å². The Bertz CT molecular complexity index is 1930. The lowest BCUT2D eigenvalue weighted by Crippen LogP contribution is -2.52. The van der Waals surface area contributed by atoms with Crippen LogP contribution in [0.3, 0.4) is 0 Å². The first-order chi connectivity index (χ1) is 22.3. The molecule has 13 heteroatoms. The van der Waals surface area contributed by atoms with Gasteiger partial charge in [0.1, 0.15) is 40.5 Å². The van der Waals surface area contributed by atoms with E-state index in [1.165, 1.54) is 24.3 Å². The van der Waals surface area contributed by atoms with Crippen molar-refractivity contribution in [3.05, 3.63) is 82.9 Å². The second kappa shape index (κ2) is 10.9. The van der Waals surface area contributed by atoms with Crippen LogP contribution in [0.1, 0.15) is 53.0 Å². The SMILES string of the molecule is Cc1ccc2cc(C(=O)NCC(O)(c3cc4c(c(-c5ccc(F)cc5)n3)OC[C@@]4(C(N)=O)C3CC3)C(F)(F)F)cc(OC3CC3)c2n1. The maximum atomic E-state index is 14.9. The Labute approximate surface area is 266 Å². The van der Waals surface area contributed by atoms with Gasteiger partial charge in [0.2, 0.25) is 11.5 Å². The number of hydrogen-bond acceptors (Lipinski definition) is 7. The number of hydrogen-bond donors (Lipinski definition) is 3. The summed E-state index contributed by atoms with van der Waals surface area (Å²) < 4.78 is 70.4. The number of carbonyl (C=O) groups is 2. The van der Waals surface area contributed by atoms with E-state index in [-0.39, 0.29) is 46.8 Å². The van der Waals surface area contributed by atoms with E-state index in [4.69, 9.17) is 15.2 Å². The fraction of sp³-hybridized carbons (Fsp3) is 0.353. The van der Waals surface area contributed by atoms with Gasteiger partial charge in [0.05, 0.1) is 18.3 Å². The van der Waals surface area contributed by atoms with E-state index in [1.807, 2.05) is 0 Å². The minimum absolute atomic E-state index is 0.00659. The van der Waals surface area contributed by atoms with Gasteiger partial charge in [-0.1, -0.05) is 6.07 Å². The third-order valence-electron chi connectivity index (χ3n) is 9.10. The third kappa shape index (κ3) is 5.32. The number of carbonyl (C=O) groups excluding carboxylic acids is 2. The molecule has 1 unspecified atom stereocenters. The van der Waals surface area contributed by atoms with Crippen LogP contribution in [0.4, 0.5) is 17.6 Å². The van der Waals surface area contributed by atoms with E-state index in [0.29, 0.717) is 29.5 Å². The van der Waals surface area contributed by atoms with Crippen molar-refractivity contribution in [3.8, 4) is 22.8 Å². The monoisotopic (exact) mass is 650 g/mol. The summed E-state index contributed by atoms with van der Waals surface area (Å²) in [6, 6.07) is 12.2. The molecule has 0 saturated heterocycles. The first-order valence-electron chi connectivity index (χ1n) is 15.2. The number of primary amides is 1. The highest BCUT2D eigenvalue weighted by atomic mass is 19.4. The number of aliphatic hydroxyl groups is 1. The standard InChI is InChI=1S/C34H30F4N4O5/c1-17-2-3-19-12-20(13-25(27(19)41-17)47-23-10-11-23)30(43)40-15-33(45,34(36,37)38)26-14-24-29(28(42-26)18-4-8-22(35)9-5-18)46-16-32(24,31(39)44)21-6-7-21/h2-5,8-9,12-14,21,23,45H,6-7,10-11,15-16H2,1H3,(H2,39,44)(H,40,43)/t32-,33?/m1/s1. The van der Waals surface area contributed by atoms with E-state index in [0.717, 1.165) is 36.7 Å². The van der Waals surface area contributed by atoms with Crippen LogP contribution in [0, 0.1) is 18.7 Å². The first-order valence-corrected chi connectivity index (χ1v) is 15.2. The van der Waals surface area contributed by atoms with Crippen LogP contribution in [0.2, 0.25) is 0 Å². The van der Waals surface area contributed by atoms with Crippen molar-refractivity contribution in [1.29, 1.82) is 0 Å². The molecule has 2 saturated carbocycles. The van der Waals surface area contributed by atoms with Crippen LogP contribution in [0.25, 0.3) is 22.2 Å². The molecule has 244 valence electrons. The molecule has 0 spiro atoms. The van der Waals surface area contributed by atoms with Crippen LogP contribution in [0.5, 0.6) is 11.5 Å². The highest BCUT2D eigenvalue weighted by Crippen LogP contribution is 2.56. The normalized spacial score (nSPS) is 20.3. The van der Waals surface area contributed by atoms with Crippen molar-refractivity contribution < 1.29 is 41.7 Å². The van der Waals surface area contributed by atoms with Gasteiger partial charge in [-0.3, -0.25) is 9.59 Å². The number of nitrogens with one attached hydrogen (secondary N) is 1. The van der Waals surface area contributed by atoms with Gasteiger partial charge < -0.3 is 25.6 Å². The van der Waals surface area contributed by atoms with Crippen LogP contribution in [0.15, 0.2) is 54.6 Å². The van der Waals surface area contributed by atoms with Gasteiger partial charge in [0.15, 0.2) is 0 Å². The number of alkyl halides is 3. The molecular weight excluding hydrogens is 620 g/mol. The predicted molar refractivity (Wildman–Crippen MR) is 161 cm³/mol. The zero-order chi connectivity index (χ0) is 33.3. The highest BCUT2D eigenvalue weighted by molar-refractivity contribution is 6.00. The van der Waals surface area contributed by atoms with Crippen molar-refractivity contribution in [1.82, 2.24) is 15.3 Å². The number of nitrogens with zero attached hydrogens (tertiary/aromatic N) is 2. The van der Waals surface area contributed by atoms with Crippen LogP contribution < -0.4 is 20.5 Å². The number of benzene rings is 2. The van der Waals surface area contributed by atoms with E-state index in [9.17, 15) is 32.3 Å². The number of aromatic nitrogens is 2. The lowest BCUT2D eigenvalue weighted by atomic mass is 9.76. The second-order valence-electron chi connectivity index (χ2n) is 12.5. The molecule has 9 nitrogen and oxygen atoms in total. The quantitative estimate of drug-likeness (QED) is 0.217. The number of pyridine rings is 2. The van der Waals surface area contributed by atoms with Gasteiger partial charge in [-0.05, 0) is 87.1 Å². The smallest absolute Gasteiger partial charge is 0.424 e. The zero-order valence-electron chi connectivity index (χ0n) is 25.2. The molecule has 2 aromatic carbocycles. The number of fused-ring (bicyclic) bond motifs is 2. The largest absolute Gasteiger partial charge is 0.489 e. The molecule has 4 N–H and O–H groups in total. The molecule has 47 heavy (non-hydrogen) atoms. The number of ether oxygens (including phenoxy) is 2. The topological polar surface area (TPSA) is 137 Å². The van der Waals surface area contributed by atoms with Gasteiger partial charge >= 0.3 is 6.18 Å². The minimum atomic E-state index is -5.35. The molecule has 2 fully saturated rings. The summed E-state index contributed by atoms with van der Waals surface area (Å²) in [5, 5.41) is 14.2. The average Bonchev–Trinajstić information content (AvgIpc) is 3.98. The van der Waals surface area contributed by atoms with E-state index in [1.54, 1.807) is 19.1 Å². The fourth-order valence-electron chi connectivity index (χ4n) is 6.14. The fourth-order valence-corrected chi connectivity index (χ4v) is 6.14. The Morgan fingerprint density at radius 2 is 1.79 bits per heavy atom. The average molecular weight is 651 g/mol. The number of amides is 2. The lowest BCUT2D eigenvalue weighted by Gasteiger charge is -2.32. The molecule has 2 aromatic heterocycles. The molecule has 1 aliphatic heterocycles. The van der Waals surface area contributed by atoms with Crippen molar-refractivity contribution >= 4 is 22.7 Å². The summed E-state index contributed by atoms with van der Waals surface area (Å²) in [5.74, 6) is -2.19. The molecule has 0 bridgehead atoms. The summed E-state index contributed by atoms with van der Waals surface area (Å²) in [7, 11) is 0. The summed E-state index contributed by atoms with van der Waals surface area (Å²) in [6.07, 6.45) is -2.52. The number of aryl methyl sites for hydroxylation is 1. The molecule has 2 atom stereocenters. The van der Waals surface area contributed by atoms with Gasteiger partial charge in [-0.15, -0.1) is 0 Å². The van der Waals surface area contributed by atoms with Crippen molar-refractivity contribution in [2.45, 2.75) is 55.9 Å². The highest BCUT2D eigenvalue weighted by Gasteiger charge is 2.60. The number of halogens is 4. The molecule has 0 radical (unpaired) electrons. The third-order valence-corrected chi connectivity index (χ3v) is 9.10. The van der Waals surface area contributed by atoms with Gasteiger partial charge in [-0.25, -0.2) is 14.4 Å². The van der Waals surface area contributed by atoms with Crippen molar-refractivity contribution in [2.24, 2.45) is 11.7 Å². The molecule has 2 aliphatic carbocycles. The number of nitrogens with two attached hydrogens (primary N) is 1.